The standard InChI is InChI=1S/C20H34O4/c1-13(2)11-23-19(21)18(20(22)24-12-14(3)4)10-17-15(5)8-7-9-16(17)6/h10,13-17H,7-9,11-12H2,1-6H3. The van der Waals surface area contributed by atoms with Crippen LogP contribution in [0.4, 0.5) is 0 Å². The van der Waals surface area contributed by atoms with Gasteiger partial charge in [0.15, 0.2) is 0 Å². The lowest BCUT2D eigenvalue weighted by Crippen LogP contribution is -2.27. The maximum Gasteiger partial charge on any atom is 0.345 e. The van der Waals surface area contributed by atoms with E-state index in [1.165, 1.54) is 6.42 Å². The summed E-state index contributed by atoms with van der Waals surface area (Å²) < 4.78 is 10.6. The third-order valence-corrected chi connectivity index (χ3v) is 4.53. The van der Waals surface area contributed by atoms with Crippen molar-refractivity contribution in [2.75, 3.05) is 13.2 Å². The molecule has 0 bridgehead atoms. The van der Waals surface area contributed by atoms with Gasteiger partial charge in [-0.25, -0.2) is 9.59 Å². The quantitative estimate of drug-likeness (QED) is 0.299. The van der Waals surface area contributed by atoms with Crippen molar-refractivity contribution >= 4 is 11.9 Å². The lowest BCUT2D eigenvalue weighted by atomic mass is 9.73. The van der Waals surface area contributed by atoms with Gasteiger partial charge in [0, 0.05) is 0 Å². The number of hydrogen-bond donors (Lipinski definition) is 0. The zero-order chi connectivity index (χ0) is 18.3. The molecule has 1 saturated carbocycles. The van der Waals surface area contributed by atoms with Crippen molar-refractivity contribution in [1.29, 1.82) is 0 Å². The van der Waals surface area contributed by atoms with Crippen LogP contribution in [0, 0.1) is 29.6 Å². The minimum absolute atomic E-state index is 0.0712. The molecule has 2 unspecified atom stereocenters. The number of rotatable bonds is 7. The van der Waals surface area contributed by atoms with E-state index >= 15 is 0 Å². The van der Waals surface area contributed by atoms with Crippen LogP contribution in [0.25, 0.3) is 0 Å². The summed E-state index contributed by atoms with van der Waals surface area (Å²) in [6, 6.07) is 0. The van der Waals surface area contributed by atoms with Crippen LogP contribution in [0.2, 0.25) is 0 Å². The first-order chi connectivity index (χ1) is 11.2. The van der Waals surface area contributed by atoms with Crippen molar-refractivity contribution < 1.29 is 19.1 Å². The largest absolute Gasteiger partial charge is 0.462 e. The SMILES string of the molecule is CC(C)COC(=O)C(=CC1C(C)CCCC1C)C(=O)OCC(C)C. The second-order valence-electron chi connectivity index (χ2n) is 8.03. The molecule has 138 valence electrons. The average molecular weight is 338 g/mol. The van der Waals surface area contributed by atoms with Gasteiger partial charge in [-0.2, -0.15) is 0 Å². The summed E-state index contributed by atoms with van der Waals surface area (Å²) in [7, 11) is 0. The highest BCUT2D eigenvalue weighted by Crippen LogP contribution is 2.36. The van der Waals surface area contributed by atoms with E-state index in [2.05, 4.69) is 13.8 Å². The average Bonchev–Trinajstić information content (AvgIpc) is 2.50. The predicted molar refractivity (Wildman–Crippen MR) is 95.3 cm³/mol. The maximum absolute atomic E-state index is 12.4. The highest BCUT2D eigenvalue weighted by molar-refractivity contribution is 6.14. The lowest BCUT2D eigenvalue weighted by molar-refractivity contribution is -0.148. The third kappa shape index (κ3) is 6.66. The van der Waals surface area contributed by atoms with Gasteiger partial charge in [0.25, 0.3) is 0 Å². The number of ether oxygens (including phenoxy) is 2. The fraction of sp³-hybridized carbons (Fsp3) is 0.800. The van der Waals surface area contributed by atoms with Gasteiger partial charge in [0.05, 0.1) is 13.2 Å². The normalized spacial score (nSPS) is 23.9. The molecular weight excluding hydrogens is 304 g/mol. The molecule has 0 heterocycles. The Morgan fingerprint density at radius 3 is 1.71 bits per heavy atom. The molecule has 1 fully saturated rings. The van der Waals surface area contributed by atoms with Crippen molar-refractivity contribution in [2.24, 2.45) is 29.6 Å². The van der Waals surface area contributed by atoms with Crippen LogP contribution in [0.15, 0.2) is 11.6 Å². The first kappa shape index (κ1) is 20.7. The summed E-state index contributed by atoms with van der Waals surface area (Å²) in [6.45, 7) is 12.9. The third-order valence-electron chi connectivity index (χ3n) is 4.53. The molecule has 0 amide bonds. The first-order valence-electron chi connectivity index (χ1n) is 9.28. The lowest BCUT2D eigenvalue weighted by Gasteiger charge is -2.32. The van der Waals surface area contributed by atoms with Crippen LogP contribution in [0.5, 0.6) is 0 Å². The van der Waals surface area contributed by atoms with Crippen LogP contribution >= 0.6 is 0 Å². The molecule has 1 aliphatic rings. The Labute approximate surface area is 147 Å². The van der Waals surface area contributed by atoms with Crippen LogP contribution in [-0.2, 0) is 19.1 Å². The minimum Gasteiger partial charge on any atom is -0.462 e. The monoisotopic (exact) mass is 338 g/mol. The van der Waals surface area contributed by atoms with E-state index < -0.39 is 11.9 Å². The summed E-state index contributed by atoms with van der Waals surface area (Å²) in [5.41, 5.74) is 0.0712. The van der Waals surface area contributed by atoms with E-state index in [1.54, 1.807) is 0 Å². The Morgan fingerprint density at radius 2 is 1.33 bits per heavy atom. The maximum atomic E-state index is 12.4. The van der Waals surface area contributed by atoms with Crippen LogP contribution in [0.1, 0.15) is 60.8 Å². The van der Waals surface area contributed by atoms with Gasteiger partial charge in [0.2, 0.25) is 0 Å². The van der Waals surface area contributed by atoms with Crippen molar-refractivity contribution in [3.8, 4) is 0 Å². The second kappa shape index (κ2) is 9.85. The number of allylic oxidation sites excluding steroid dienone is 1. The highest BCUT2D eigenvalue weighted by Gasteiger charge is 2.30. The smallest absolute Gasteiger partial charge is 0.345 e. The highest BCUT2D eigenvalue weighted by atomic mass is 16.6. The Hall–Kier alpha value is -1.32. The molecular formula is C20H34O4. The molecule has 24 heavy (non-hydrogen) atoms. The fourth-order valence-electron chi connectivity index (χ4n) is 3.09. The van der Waals surface area contributed by atoms with Crippen LogP contribution < -0.4 is 0 Å². The zero-order valence-electron chi connectivity index (χ0n) is 16.1. The van der Waals surface area contributed by atoms with Gasteiger partial charge in [-0.3, -0.25) is 0 Å². The summed E-state index contributed by atoms with van der Waals surface area (Å²) in [5.74, 6) is 0.486. The summed E-state index contributed by atoms with van der Waals surface area (Å²) in [6.07, 6.45) is 5.28. The molecule has 0 N–H and O–H groups in total. The Morgan fingerprint density at radius 1 is 0.917 bits per heavy atom. The van der Waals surface area contributed by atoms with E-state index in [4.69, 9.17) is 9.47 Å². The molecule has 0 aromatic rings. The van der Waals surface area contributed by atoms with E-state index in [1.807, 2.05) is 33.8 Å². The number of carbonyl (C=O) groups excluding carboxylic acids is 2. The van der Waals surface area contributed by atoms with E-state index in [0.29, 0.717) is 25.0 Å². The van der Waals surface area contributed by atoms with Gasteiger partial charge < -0.3 is 9.47 Å². The fourth-order valence-corrected chi connectivity index (χ4v) is 3.09. The van der Waals surface area contributed by atoms with Crippen molar-refractivity contribution in [3.63, 3.8) is 0 Å². The van der Waals surface area contributed by atoms with Gasteiger partial charge in [-0.1, -0.05) is 66.9 Å². The van der Waals surface area contributed by atoms with Gasteiger partial charge in [0.1, 0.15) is 5.57 Å². The molecule has 4 nitrogen and oxygen atoms in total. The summed E-state index contributed by atoms with van der Waals surface area (Å²) >= 11 is 0. The molecule has 0 aromatic carbocycles. The first-order valence-corrected chi connectivity index (χ1v) is 9.28. The Balaban J connectivity index is 2.95. The Kier molecular flexibility index (Phi) is 8.51. The zero-order valence-corrected chi connectivity index (χ0v) is 16.1. The Bertz CT molecular complexity index is 415. The molecule has 0 aromatic heterocycles. The van der Waals surface area contributed by atoms with Crippen LogP contribution in [-0.4, -0.2) is 25.2 Å². The van der Waals surface area contributed by atoms with Crippen molar-refractivity contribution in [2.45, 2.75) is 60.8 Å². The van der Waals surface area contributed by atoms with Gasteiger partial charge in [-0.15, -0.1) is 0 Å². The molecule has 0 aliphatic heterocycles. The second-order valence-corrected chi connectivity index (χ2v) is 8.03. The molecule has 1 aliphatic carbocycles. The number of esters is 2. The molecule has 0 saturated heterocycles. The molecule has 4 heteroatoms. The van der Waals surface area contributed by atoms with E-state index in [0.717, 1.165) is 12.8 Å². The molecule has 2 atom stereocenters. The van der Waals surface area contributed by atoms with Crippen LogP contribution in [0.3, 0.4) is 0 Å². The molecule has 0 radical (unpaired) electrons. The summed E-state index contributed by atoms with van der Waals surface area (Å²) in [5, 5.41) is 0. The summed E-state index contributed by atoms with van der Waals surface area (Å²) in [4.78, 5) is 24.9. The van der Waals surface area contributed by atoms with E-state index in [-0.39, 0.29) is 23.3 Å². The van der Waals surface area contributed by atoms with Crippen molar-refractivity contribution in [1.82, 2.24) is 0 Å². The minimum atomic E-state index is -0.553. The van der Waals surface area contributed by atoms with Gasteiger partial charge >= 0.3 is 11.9 Å². The predicted octanol–water partition coefficient (Wildman–Crippen LogP) is 4.38. The number of carbonyl (C=O) groups is 2. The van der Waals surface area contributed by atoms with Gasteiger partial charge in [-0.05, 0) is 29.6 Å². The number of hydrogen-bond acceptors (Lipinski definition) is 4. The topological polar surface area (TPSA) is 52.6 Å². The molecule has 1 rings (SSSR count). The van der Waals surface area contributed by atoms with E-state index in [9.17, 15) is 9.59 Å². The molecule has 0 spiro atoms. The van der Waals surface area contributed by atoms with Crippen molar-refractivity contribution in [3.05, 3.63) is 11.6 Å².